The molecule has 2 heterocycles. The van der Waals surface area contributed by atoms with Crippen molar-refractivity contribution in [3.05, 3.63) is 54.6 Å². The smallest absolute Gasteiger partial charge is 0.156 e. The van der Waals surface area contributed by atoms with Crippen LogP contribution in [0.3, 0.4) is 0 Å². The van der Waals surface area contributed by atoms with Crippen LogP contribution in [0.5, 0.6) is 0 Å². The van der Waals surface area contributed by atoms with Gasteiger partial charge in [-0.05, 0) is 56.1 Å². The second-order valence-corrected chi connectivity index (χ2v) is 5.80. The molecule has 0 atom stereocenters. The lowest BCUT2D eigenvalue weighted by molar-refractivity contribution is 0.425. The molecule has 0 aliphatic heterocycles. The van der Waals surface area contributed by atoms with Gasteiger partial charge in [0, 0.05) is 31.0 Å². The van der Waals surface area contributed by atoms with Gasteiger partial charge in [0.2, 0.25) is 0 Å². The van der Waals surface area contributed by atoms with Gasteiger partial charge in [-0.3, -0.25) is 10.1 Å². The molecule has 2 N–H and O–H groups in total. The molecule has 0 aliphatic carbocycles. The van der Waals surface area contributed by atoms with Gasteiger partial charge < -0.3 is 10.2 Å². The summed E-state index contributed by atoms with van der Waals surface area (Å²) in [6, 6.07) is 10.3. The van der Waals surface area contributed by atoms with Crippen LogP contribution >= 0.6 is 0 Å². The Bertz CT molecular complexity index is 781. The highest BCUT2D eigenvalue weighted by Crippen LogP contribution is 2.35. The van der Waals surface area contributed by atoms with Crippen molar-refractivity contribution >= 4 is 5.82 Å². The van der Waals surface area contributed by atoms with E-state index in [2.05, 4.69) is 25.4 Å². The lowest BCUT2D eigenvalue weighted by atomic mass is 10.0. The van der Waals surface area contributed by atoms with E-state index >= 15 is 0 Å². The number of likely N-dealkylation sites (N-methyl/N-ethyl adjacent to an activating group) is 1. The molecule has 0 aliphatic rings. The number of rotatable bonds is 6. The van der Waals surface area contributed by atoms with E-state index in [1.54, 1.807) is 24.5 Å². The molecule has 3 rings (SSSR count). The minimum absolute atomic E-state index is 0.256. The number of anilines is 1. The van der Waals surface area contributed by atoms with E-state index in [-0.39, 0.29) is 5.82 Å². The van der Waals surface area contributed by atoms with Crippen molar-refractivity contribution in [2.45, 2.75) is 0 Å². The maximum absolute atomic E-state index is 13.2. The van der Waals surface area contributed by atoms with Gasteiger partial charge in [-0.2, -0.15) is 5.10 Å². The molecule has 2 aromatic heterocycles. The summed E-state index contributed by atoms with van der Waals surface area (Å²) in [6.45, 7) is 1.67. The Hall–Kier alpha value is -2.73. The fourth-order valence-electron chi connectivity index (χ4n) is 2.49. The molecule has 6 heteroatoms. The van der Waals surface area contributed by atoms with Crippen LogP contribution in [0.1, 0.15) is 0 Å². The number of nitrogens with zero attached hydrogens (tertiary/aromatic N) is 3. The van der Waals surface area contributed by atoms with Crippen LogP contribution in [0.25, 0.3) is 22.4 Å². The first-order valence-electron chi connectivity index (χ1n) is 7.78. The summed E-state index contributed by atoms with van der Waals surface area (Å²) < 4.78 is 13.2. The van der Waals surface area contributed by atoms with Crippen LogP contribution in [0.15, 0.2) is 48.8 Å². The number of aromatic nitrogens is 3. The fourth-order valence-corrected chi connectivity index (χ4v) is 2.49. The Morgan fingerprint density at radius 2 is 1.75 bits per heavy atom. The van der Waals surface area contributed by atoms with Crippen molar-refractivity contribution in [1.29, 1.82) is 0 Å². The number of hydrogen-bond donors (Lipinski definition) is 2. The average Bonchev–Trinajstić information content (AvgIpc) is 3.00. The maximum Gasteiger partial charge on any atom is 0.156 e. The van der Waals surface area contributed by atoms with Gasteiger partial charge in [0.25, 0.3) is 0 Å². The van der Waals surface area contributed by atoms with Crippen LogP contribution in [-0.2, 0) is 0 Å². The van der Waals surface area contributed by atoms with Gasteiger partial charge in [0.15, 0.2) is 5.82 Å². The second-order valence-electron chi connectivity index (χ2n) is 5.80. The SMILES string of the molecule is CN(C)CCNc1n[nH]c(-c2ccc(F)cc2)c1-c1ccncc1. The van der Waals surface area contributed by atoms with Gasteiger partial charge in [0.05, 0.1) is 11.3 Å². The third-order valence-electron chi connectivity index (χ3n) is 3.72. The Balaban J connectivity index is 1.99. The molecule has 0 unspecified atom stereocenters. The Labute approximate surface area is 140 Å². The van der Waals surface area contributed by atoms with Crippen LogP contribution in [0.4, 0.5) is 10.2 Å². The first kappa shape index (κ1) is 16.1. The van der Waals surface area contributed by atoms with Crippen LogP contribution in [0.2, 0.25) is 0 Å². The molecular weight excluding hydrogens is 305 g/mol. The zero-order chi connectivity index (χ0) is 16.9. The highest BCUT2D eigenvalue weighted by molar-refractivity contribution is 5.88. The molecule has 3 aromatic rings. The van der Waals surface area contributed by atoms with Gasteiger partial charge >= 0.3 is 0 Å². The molecule has 5 nitrogen and oxygen atoms in total. The van der Waals surface area contributed by atoms with Crippen molar-refractivity contribution in [3.8, 4) is 22.4 Å². The molecular formula is C18H20FN5. The molecule has 0 saturated carbocycles. The first-order valence-corrected chi connectivity index (χ1v) is 7.78. The molecule has 0 amide bonds. The Morgan fingerprint density at radius 1 is 1.04 bits per heavy atom. The number of H-pyrrole nitrogens is 1. The van der Waals surface area contributed by atoms with Crippen molar-refractivity contribution in [2.24, 2.45) is 0 Å². The fraction of sp³-hybridized carbons (Fsp3) is 0.222. The van der Waals surface area contributed by atoms with E-state index in [9.17, 15) is 4.39 Å². The van der Waals surface area contributed by atoms with Crippen molar-refractivity contribution < 1.29 is 4.39 Å². The van der Waals surface area contributed by atoms with Gasteiger partial charge in [0.1, 0.15) is 5.82 Å². The van der Waals surface area contributed by atoms with Crippen LogP contribution in [-0.4, -0.2) is 47.3 Å². The summed E-state index contributed by atoms with van der Waals surface area (Å²) in [5, 5.41) is 10.9. The highest BCUT2D eigenvalue weighted by atomic mass is 19.1. The summed E-state index contributed by atoms with van der Waals surface area (Å²) in [6.07, 6.45) is 3.50. The Kier molecular flexibility index (Phi) is 4.86. The molecule has 1 aromatic carbocycles. The lowest BCUT2D eigenvalue weighted by Gasteiger charge is -2.11. The maximum atomic E-state index is 13.2. The lowest BCUT2D eigenvalue weighted by Crippen LogP contribution is -2.21. The molecule has 124 valence electrons. The van der Waals surface area contributed by atoms with E-state index in [1.807, 2.05) is 26.2 Å². The number of hydrogen-bond acceptors (Lipinski definition) is 4. The van der Waals surface area contributed by atoms with E-state index in [0.717, 1.165) is 41.3 Å². The van der Waals surface area contributed by atoms with Gasteiger partial charge in [-0.1, -0.05) is 0 Å². The normalized spacial score (nSPS) is 11.0. The third kappa shape index (κ3) is 3.60. The minimum Gasteiger partial charge on any atom is -0.367 e. The summed E-state index contributed by atoms with van der Waals surface area (Å²) in [5.74, 6) is 0.524. The largest absolute Gasteiger partial charge is 0.367 e. The Morgan fingerprint density at radius 3 is 2.42 bits per heavy atom. The molecule has 0 fully saturated rings. The zero-order valence-electron chi connectivity index (χ0n) is 13.8. The van der Waals surface area contributed by atoms with E-state index in [4.69, 9.17) is 0 Å². The standard InChI is InChI=1S/C18H20FN5/c1-24(2)12-11-21-18-16(13-7-9-20-10-8-13)17(22-23-18)14-3-5-15(19)6-4-14/h3-10H,11-12H2,1-2H3,(H2,21,22,23). The van der Waals surface area contributed by atoms with Crippen molar-refractivity contribution in [1.82, 2.24) is 20.1 Å². The minimum atomic E-state index is -0.256. The van der Waals surface area contributed by atoms with Crippen molar-refractivity contribution in [2.75, 3.05) is 32.5 Å². The molecule has 0 radical (unpaired) electrons. The number of halogens is 1. The number of benzene rings is 1. The van der Waals surface area contributed by atoms with Crippen LogP contribution in [0, 0.1) is 5.82 Å². The number of aromatic amines is 1. The van der Waals surface area contributed by atoms with Gasteiger partial charge in [-0.25, -0.2) is 4.39 Å². The topological polar surface area (TPSA) is 56.8 Å². The first-order chi connectivity index (χ1) is 11.6. The van der Waals surface area contributed by atoms with Crippen molar-refractivity contribution in [3.63, 3.8) is 0 Å². The average molecular weight is 325 g/mol. The molecule has 24 heavy (non-hydrogen) atoms. The number of pyridine rings is 1. The zero-order valence-corrected chi connectivity index (χ0v) is 13.8. The number of nitrogens with one attached hydrogen (secondary N) is 2. The van der Waals surface area contributed by atoms with Gasteiger partial charge in [-0.15, -0.1) is 0 Å². The predicted molar refractivity (Wildman–Crippen MR) is 94.3 cm³/mol. The third-order valence-corrected chi connectivity index (χ3v) is 3.72. The molecule has 0 spiro atoms. The quantitative estimate of drug-likeness (QED) is 0.730. The predicted octanol–water partition coefficient (Wildman–Crippen LogP) is 3.25. The summed E-state index contributed by atoms with van der Waals surface area (Å²) in [5.41, 5.74) is 3.71. The summed E-state index contributed by atoms with van der Waals surface area (Å²) >= 11 is 0. The second kappa shape index (κ2) is 7.23. The summed E-state index contributed by atoms with van der Waals surface area (Å²) in [7, 11) is 4.06. The van der Waals surface area contributed by atoms with E-state index in [1.165, 1.54) is 12.1 Å². The monoisotopic (exact) mass is 325 g/mol. The molecule has 0 bridgehead atoms. The van der Waals surface area contributed by atoms with Crippen LogP contribution < -0.4 is 5.32 Å². The molecule has 0 saturated heterocycles. The highest BCUT2D eigenvalue weighted by Gasteiger charge is 2.16. The van der Waals surface area contributed by atoms with E-state index < -0.39 is 0 Å². The summed E-state index contributed by atoms with van der Waals surface area (Å²) in [4.78, 5) is 6.18. The van der Waals surface area contributed by atoms with E-state index in [0.29, 0.717) is 0 Å².